The van der Waals surface area contributed by atoms with Crippen LogP contribution in [-0.2, 0) is 0 Å². The zero-order valence-electron chi connectivity index (χ0n) is 13.2. The number of amides is 1. The summed E-state index contributed by atoms with van der Waals surface area (Å²) in [5.74, 6) is 0.257. The highest BCUT2D eigenvalue weighted by molar-refractivity contribution is 5.93. The molecule has 1 amide bonds. The molecule has 0 saturated heterocycles. The minimum atomic E-state index is -0.468. The number of hydrogen-bond donors (Lipinski definition) is 2. The largest absolute Gasteiger partial charge is 0.393 e. The topological polar surface area (TPSA) is 75.4 Å². The van der Waals surface area contributed by atoms with Crippen molar-refractivity contribution in [2.75, 3.05) is 6.54 Å². The number of carbonyl (C=O) groups excluding carboxylic acids is 1. The summed E-state index contributed by atoms with van der Waals surface area (Å²) in [6.45, 7) is 6.28. The van der Waals surface area contributed by atoms with Gasteiger partial charge < -0.3 is 14.9 Å². The molecule has 2 aromatic rings. The van der Waals surface area contributed by atoms with Crippen molar-refractivity contribution in [1.82, 2.24) is 10.5 Å². The van der Waals surface area contributed by atoms with Crippen LogP contribution >= 0.6 is 0 Å². The molecule has 0 saturated carbocycles. The predicted molar refractivity (Wildman–Crippen MR) is 84.4 cm³/mol. The fourth-order valence-corrected chi connectivity index (χ4v) is 1.97. The van der Waals surface area contributed by atoms with Crippen LogP contribution in [0.4, 0.5) is 0 Å². The molecule has 0 aliphatic rings. The van der Waals surface area contributed by atoms with Crippen LogP contribution in [0.2, 0.25) is 0 Å². The molecule has 5 heteroatoms. The van der Waals surface area contributed by atoms with Gasteiger partial charge in [0.05, 0.1) is 6.10 Å². The third-order valence-electron chi connectivity index (χ3n) is 3.50. The van der Waals surface area contributed by atoms with Crippen LogP contribution in [0.3, 0.4) is 0 Å². The summed E-state index contributed by atoms with van der Waals surface area (Å²) in [5, 5.41) is 16.5. The fourth-order valence-electron chi connectivity index (χ4n) is 1.97. The van der Waals surface area contributed by atoms with Crippen molar-refractivity contribution in [3.8, 4) is 11.3 Å². The molecule has 2 rings (SSSR count). The maximum atomic E-state index is 12.0. The number of benzene rings is 1. The van der Waals surface area contributed by atoms with Gasteiger partial charge in [0.15, 0.2) is 11.5 Å². The third-order valence-corrected chi connectivity index (χ3v) is 3.50. The molecule has 2 N–H and O–H groups in total. The van der Waals surface area contributed by atoms with Gasteiger partial charge in [0.2, 0.25) is 0 Å². The van der Waals surface area contributed by atoms with E-state index in [0.717, 1.165) is 5.56 Å². The van der Waals surface area contributed by atoms with Crippen LogP contribution < -0.4 is 5.32 Å². The van der Waals surface area contributed by atoms with Crippen LogP contribution in [0.15, 0.2) is 40.9 Å². The molecular weight excluding hydrogens is 280 g/mol. The highest BCUT2D eigenvalue weighted by Crippen LogP contribution is 2.21. The zero-order chi connectivity index (χ0) is 16.2. The molecule has 1 aromatic carbocycles. The van der Waals surface area contributed by atoms with Gasteiger partial charge in [0.25, 0.3) is 5.91 Å². The molecule has 0 aliphatic heterocycles. The minimum absolute atomic E-state index is 0.195. The quantitative estimate of drug-likeness (QED) is 0.890. The average molecular weight is 302 g/mol. The van der Waals surface area contributed by atoms with Gasteiger partial charge in [-0.2, -0.15) is 0 Å². The zero-order valence-corrected chi connectivity index (χ0v) is 13.2. The molecular formula is C17H22N2O3. The van der Waals surface area contributed by atoms with Gasteiger partial charge in [-0.15, -0.1) is 0 Å². The van der Waals surface area contributed by atoms with Crippen molar-refractivity contribution < 1.29 is 14.4 Å². The second-order valence-corrected chi connectivity index (χ2v) is 6.37. The third kappa shape index (κ3) is 4.18. The average Bonchev–Trinajstić information content (AvgIpc) is 2.97. The molecule has 0 spiro atoms. The number of carbonyl (C=O) groups is 1. The molecule has 0 fully saturated rings. The van der Waals surface area contributed by atoms with Crippen molar-refractivity contribution in [1.29, 1.82) is 0 Å². The van der Waals surface area contributed by atoms with Gasteiger partial charge >= 0.3 is 0 Å². The Balaban J connectivity index is 1.90. The molecule has 0 unspecified atom stereocenters. The summed E-state index contributed by atoms with van der Waals surface area (Å²) >= 11 is 0. The first-order chi connectivity index (χ1) is 10.4. The van der Waals surface area contributed by atoms with Crippen molar-refractivity contribution in [3.05, 3.63) is 42.1 Å². The Labute approximate surface area is 130 Å². The van der Waals surface area contributed by atoms with E-state index in [2.05, 4.69) is 10.5 Å². The van der Waals surface area contributed by atoms with E-state index in [1.807, 2.05) is 51.1 Å². The van der Waals surface area contributed by atoms with E-state index in [4.69, 9.17) is 4.52 Å². The van der Waals surface area contributed by atoms with Crippen LogP contribution in [0.1, 0.15) is 37.7 Å². The SMILES string of the molecule is CC(C)(C)[C@@H](O)CCNC(=O)c1cc(-c2ccccc2)on1. The van der Waals surface area contributed by atoms with Crippen molar-refractivity contribution in [2.45, 2.75) is 33.3 Å². The summed E-state index contributed by atoms with van der Waals surface area (Å²) in [4.78, 5) is 12.0. The Morgan fingerprint density at radius 1 is 1.32 bits per heavy atom. The second kappa shape index (κ2) is 6.75. The predicted octanol–water partition coefficient (Wildman–Crippen LogP) is 2.87. The van der Waals surface area contributed by atoms with Crippen LogP contribution in [0, 0.1) is 5.41 Å². The minimum Gasteiger partial charge on any atom is -0.393 e. The van der Waals surface area contributed by atoms with E-state index in [1.54, 1.807) is 6.07 Å². The number of aromatic nitrogens is 1. The van der Waals surface area contributed by atoms with E-state index in [1.165, 1.54) is 0 Å². The Kier molecular flexibility index (Phi) is 4.98. The van der Waals surface area contributed by atoms with Gasteiger partial charge in [-0.05, 0) is 11.8 Å². The Bertz CT molecular complexity index is 614. The van der Waals surface area contributed by atoms with E-state index in [-0.39, 0.29) is 17.0 Å². The van der Waals surface area contributed by atoms with Crippen LogP contribution in [0.5, 0.6) is 0 Å². The number of nitrogens with zero attached hydrogens (tertiary/aromatic N) is 1. The number of aliphatic hydroxyl groups is 1. The molecule has 1 heterocycles. The molecule has 1 atom stereocenters. The molecule has 1 aromatic heterocycles. The van der Waals surface area contributed by atoms with Gasteiger partial charge in [0, 0.05) is 18.2 Å². The first-order valence-corrected chi connectivity index (χ1v) is 7.36. The van der Waals surface area contributed by atoms with E-state index < -0.39 is 6.10 Å². The van der Waals surface area contributed by atoms with E-state index >= 15 is 0 Å². The Hall–Kier alpha value is -2.14. The number of hydrogen-bond acceptors (Lipinski definition) is 4. The lowest BCUT2D eigenvalue weighted by atomic mass is 9.87. The summed E-state index contributed by atoms with van der Waals surface area (Å²) in [7, 11) is 0. The van der Waals surface area contributed by atoms with Crippen molar-refractivity contribution in [3.63, 3.8) is 0 Å². The molecule has 5 nitrogen and oxygen atoms in total. The molecule has 0 aliphatic carbocycles. The number of nitrogens with one attached hydrogen (secondary N) is 1. The molecule has 0 bridgehead atoms. The first kappa shape index (κ1) is 16.2. The van der Waals surface area contributed by atoms with Gasteiger partial charge in [-0.3, -0.25) is 4.79 Å². The van der Waals surface area contributed by atoms with Gasteiger partial charge in [-0.1, -0.05) is 56.3 Å². The molecule has 22 heavy (non-hydrogen) atoms. The van der Waals surface area contributed by atoms with Crippen LogP contribution in [0.25, 0.3) is 11.3 Å². The maximum absolute atomic E-state index is 12.0. The maximum Gasteiger partial charge on any atom is 0.273 e. The van der Waals surface area contributed by atoms with E-state index in [0.29, 0.717) is 18.7 Å². The highest BCUT2D eigenvalue weighted by atomic mass is 16.5. The van der Waals surface area contributed by atoms with Crippen LogP contribution in [-0.4, -0.2) is 28.8 Å². The summed E-state index contributed by atoms with van der Waals surface area (Å²) < 4.78 is 5.19. The smallest absolute Gasteiger partial charge is 0.273 e. The van der Waals surface area contributed by atoms with Gasteiger partial charge in [0.1, 0.15) is 0 Å². The van der Waals surface area contributed by atoms with Crippen molar-refractivity contribution in [2.24, 2.45) is 5.41 Å². The lowest BCUT2D eigenvalue weighted by Crippen LogP contribution is -2.32. The lowest BCUT2D eigenvalue weighted by Gasteiger charge is -2.25. The highest BCUT2D eigenvalue weighted by Gasteiger charge is 2.22. The first-order valence-electron chi connectivity index (χ1n) is 7.36. The Morgan fingerprint density at radius 3 is 2.64 bits per heavy atom. The second-order valence-electron chi connectivity index (χ2n) is 6.37. The van der Waals surface area contributed by atoms with Crippen molar-refractivity contribution >= 4 is 5.91 Å². The standard InChI is InChI=1S/C17H22N2O3/c1-17(2,3)15(20)9-10-18-16(21)13-11-14(22-19-13)12-7-5-4-6-8-12/h4-8,11,15,20H,9-10H2,1-3H3,(H,18,21)/t15-/m0/s1. The molecule has 118 valence electrons. The number of rotatable bonds is 5. The Morgan fingerprint density at radius 2 is 2.00 bits per heavy atom. The normalized spacial score (nSPS) is 12.9. The fraction of sp³-hybridized carbons (Fsp3) is 0.412. The molecule has 0 radical (unpaired) electrons. The summed E-state index contributed by atoms with van der Waals surface area (Å²) in [6.07, 6.45) is 0.0310. The lowest BCUT2D eigenvalue weighted by molar-refractivity contribution is 0.0550. The number of aliphatic hydroxyl groups excluding tert-OH is 1. The summed E-state index contributed by atoms with van der Waals surface area (Å²) in [6, 6.07) is 11.1. The summed E-state index contributed by atoms with van der Waals surface area (Å²) in [5.41, 5.74) is 0.917. The monoisotopic (exact) mass is 302 g/mol. The van der Waals surface area contributed by atoms with Gasteiger partial charge in [-0.25, -0.2) is 0 Å². The van der Waals surface area contributed by atoms with E-state index in [9.17, 15) is 9.90 Å².